The Labute approximate surface area is 104 Å². The number of benzene rings is 1. The van der Waals surface area contributed by atoms with Crippen LogP contribution in [0.5, 0.6) is 0 Å². The Balaban J connectivity index is 1.75. The highest BCUT2D eigenvalue weighted by Crippen LogP contribution is 2.37. The minimum atomic E-state index is 0.446. The molecule has 0 bridgehead atoms. The maximum absolute atomic E-state index is 5.88. The molecule has 1 saturated heterocycles. The monoisotopic (exact) mass is 230 g/mol. The molecule has 0 amide bonds. The Bertz CT molecular complexity index is 396. The molecule has 2 nitrogen and oxygen atoms in total. The van der Waals surface area contributed by atoms with E-state index in [0.29, 0.717) is 6.04 Å². The molecular formula is C15H22N2. The van der Waals surface area contributed by atoms with Crippen LogP contribution in [-0.2, 0) is 0 Å². The molecule has 1 aliphatic heterocycles. The second-order valence-corrected chi connectivity index (χ2v) is 5.85. The number of likely N-dealkylation sites (N-methyl/N-ethyl adjacent to an activating group) is 1. The number of hydrogen-bond donors (Lipinski definition) is 1. The van der Waals surface area contributed by atoms with Crippen LogP contribution in [0.1, 0.15) is 42.2 Å². The van der Waals surface area contributed by atoms with E-state index in [1.165, 1.54) is 43.5 Å². The summed E-state index contributed by atoms with van der Waals surface area (Å²) in [6.45, 7) is 2.46. The minimum Gasteiger partial charge on any atom is -0.328 e. The Hall–Kier alpha value is -0.860. The van der Waals surface area contributed by atoms with Gasteiger partial charge < -0.3 is 10.6 Å². The standard InChI is InChI=1S/C15H22N2/c1-17-6-5-13(10-17)11-3-2-4-12(7-11)14-8-15(16)9-14/h2-4,7,13-15H,5-6,8-10,16H2,1H3. The maximum atomic E-state index is 5.88. The summed E-state index contributed by atoms with van der Waals surface area (Å²) in [6.07, 6.45) is 3.66. The largest absolute Gasteiger partial charge is 0.328 e. The molecule has 1 unspecified atom stereocenters. The van der Waals surface area contributed by atoms with E-state index in [1.54, 1.807) is 0 Å². The number of rotatable bonds is 2. The van der Waals surface area contributed by atoms with Crippen molar-refractivity contribution >= 4 is 0 Å². The molecule has 1 aromatic rings. The van der Waals surface area contributed by atoms with Crippen LogP contribution in [0, 0.1) is 0 Å². The van der Waals surface area contributed by atoms with Crippen molar-refractivity contribution in [3.63, 3.8) is 0 Å². The van der Waals surface area contributed by atoms with Crippen LogP contribution < -0.4 is 5.73 Å². The van der Waals surface area contributed by atoms with E-state index < -0.39 is 0 Å². The zero-order valence-corrected chi connectivity index (χ0v) is 10.6. The van der Waals surface area contributed by atoms with Gasteiger partial charge in [-0.25, -0.2) is 0 Å². The van der Waals surface area contributed by atoms with E-state index in [2.05, 4.69) is 36.2 Å². The average Bonchev–Trinajstić information content (AvgIpc) is 2.72. The Morgan fingerprint density at radius 3 is 2.47 bits per heavy atom. The van der Waals surface area contributed by atoms with Crippen molar-refractivity contribution in [2.45, 2.75) is 37.1 Å². The molecule has 92 valence electrons. The molecule has 1 atom stereocenters. The summed E-state index contributed by atoms with van der Waals surface area (Å²) < 4.78 is 0. The van der Waals surface area contributed by atoms with E-state index in [4.69, 9.17) is 5.73 Å². The predicted molar refractivity (Wildman–Crippen MR) is 71.2 cm³/mol. The highest BCUT2D eigenvalue weighted by atomic mass is 15.1. The van der Waals surface area contributed by atoms with Crippen molar-refractivity contribution in [3.8, 4) is 0 Å². The first-order chi connectivity index (χ1) is 8.22. The zero-order valence-electron chi connectivity index (χ0n) is 10.6. The van der Waals surface area contributed by atoms with Crippen molar-refractivity contribution in [2.24, 2.45) is 5.73 Å². The topological polar surface area (TPSA) is 29.3 Å². The Morgan fingerprint density at radius 1 is 1.18 bits per heavy atom. The van der Waals surface area contributed by atoms with Gasteiger partial charge in [0.25, 0.3) is 0 Å². The Morgan fingerprint density at radius 2 is 1.88 bits per heavy atom. The zero-order chi connectivity index (χ0) is 11.8. The van der Waals surface area contributed by atoms with Crippen LogP contribution in [0.15, 0.2) is 24.3 Å². The molecule has 3 rings (SSSR count). The normalized spacial score (nSPS) is 33.6. The third-order valence-electron chi connectivity index (χ3n) is 4.42. The van der Waals surface area contributed by atoms with Gasteiger partial charge in [0, 0.05) is 12.6 Å². The summed E-state index contributed by atoms with van der Waals surface area (Å²) in [7, 11) is 2.22. The van der Waals surface area contributed by atoms with E-state index in [9.17, 15) is 0 Å². The molecule has 1 aromatic carbocycles. The Kier molecular flexibility index (Phi) is 2.93. The summed E-state index contributed by atoms with van der Waals surface area (Å²) in [4.78, 5) is 2.43. The lowest BCUT2D eigenvalue weighted by Gasteiger charge is -2.33. The summed E-state index contributed by atoms with van der Waals surface area (Å²) in [5, 5.41) is 0. The van der Waals surface area contributed by atoms with E-state index >= 15 is 0 Å². The lowest BCUT2D eigenvalue weighted by atomic mass is 9.75. The summed E-state index contributed by atoms with van der Waals surface area (Å²) in [6, 6.07) is 9.68. The minimum absolute atomic E-state index is 0.446. The molecule has 1 aliphatic carbocycles. The average molecular weight is 230 g/mol. The smallest absolute Gasteiger partial charge is 0.00504 e. The van der Waals surface area contributed by atoms with Gasteiger partial charge in [0.05, 0.1) is 0 Å². The molecule has 2 fully saturated rings. The molecule has 2 N–H and O–H groups in total. The van der Waals surface area contributed by atoms with Crippen LogP contribution >= 0.6 is 0 Å². The molecule has 17 heavy (non-hydrogen) atoms. The van der Waals surface area contributed by atoms with Crippen molar-refractivity contribution < 1.29 is 0 Å². The molecule has 1 saturated carbocycles. The van der Waals surface area contributed by atoms with Crippen molar-refractivity contribution in [2.75, 3.05) is 20.1 Å². The molecule has 0 aromatic heterocycles. The van der Waals surface area contributed by atoms with Gasteiger partial charge in [0.15, 0.2) is 0 Å². The predicted octanol–water partition coefficient (Wildman–Crippen LogP) is 2.31. The number of hydrogen-bond acceptors (Lipinski definition) is 2. The van der Waals surface area contributed by atoms with Gasteiger partial charge in [0.2, 0.25) is 0 Å². The second-order valence-electron chi connectivity index (χ2n) is 5.85. The SMILES string of the molecule is CN1CCC(c2cccc(C3CC(N)C3)c2)C1. The van der Waals surface area contributed by atoms with Gasteiger partial charge in [-0.3, -0.25) is 0 Å². The van der Waals surface area contributed by atoms with Crippen molar-refractivity contribution in [1.29, 1.82) is 0 Å². The summed E-state index contributed by atoms with van der Waals surface area (Å²) in [5.74, 6) is 1.47. The lowest BCUT2D eigenvalue weighted by Crippen LogP contribution is -2.34. The first kappa shape index (κ1) is 11.2. The number of nitrogens with two attached hydrogens (primary N) is 1. The van der Waals surface area contributed by atoms with Crippen LogP contribution in [0.4, 0.5) is 0 Å². The van der Waals surface area contributed by atoms with Gasteiger partial charge in [-0.15, -0.1) is 0 Å². The maximum Gasteiger partial charge on any atom is 0.00504 e. The van der Waals surface area contributed by atoms with E-state index in [1.807, 2.05) is 0 Å². The quantitative estimate of drug-likeness (QED) is 0.845. The number of likely N-dealkylation sites (tertiary alicyclic amines) is 1. The molecule has 0 radical (unpaired) electrons. The molecular weight excluding hydrogens is 208 g/mol. The van der Waals surface area contributed by atoms with Crippen LogP contribution in [0.3, 0.4) is 0 Å². The molecule has 1 heterocycles. The summed E-state index contributed by atoms with van der Waals surface area (Å²) in [5.41, 5.74) is 8.93. The van der Waals surface area contributed by atoms with Gasteiger partial charge in [0.1, 0.15) is 0 Å². The molecule has 0 spiro atoms. The lowest BCUT2D eigenvalue weighted by molar-refractivity contribution is 0.351. The van der Waals surface area contributed by atoms with Gasteiger partial charge >= 0.3 is 0 Å². The number of nitrogens with zero attached hydrogens (tertiary/aromatic N) is 1. The first-order valence-corrected chi connectivity index (χ1v) is 6.76. The molecule has 2 aliphatic rings. The van der Waals surface area contributed by atoms with Gasteiger partial charge in [-0.2, -0.15) is 0 Å². The van der Waals surface area contributed by atoms with E-state index in [-0.39, 0.29) is 0 Å². The van der Waals surface area contributed by atoms with E-state index in [0.717, 1.165) is 11.8 Å². The first-order valence-electron chi connectivity index (χ1n) is 6.76. The third kappa shape index (κ3) is 2.24. The van der Waals surface area contributed by atoms with Crippen LogP contribution in [-0.4, -0.2) is 31.1 Å². The fraction of sp³-hybridized carbons (Fsp3) is 0.600. The highest BCUT2D eigenvalue weighted by molar-refractivity contribution is 5.31. The third-order valence-corrected chi connectivity index (χ3v) is 4.42. The van der Waals surface area contributed by atoms with Crippen molar-refractivity contribution in [1.82, 2.24) is 4.90 Å². The fourth-order valence-corrected chi connectivity index (χ4v) is 3.21. The second kappa shape index (κ2) is 4.43. The van der Waals surface area contributed by atoms with Crippen LogP contribution in [0.2, 0.25) is 0 Å². The van der Waals surface area contributed by atoms with Crippen molar-refractivity contribution in [3.05, 3.63) is 35.4 Å². The van der Waals surface area contributed by atoms with Gasteiger partial charge in [-0.1, -0.05) is 24.3 Å². The molecule has 2 heteroatoms. The highest BCUT2D eigenvalue weighted by Gasteiger charge is 2.28. The summed E-state index contributed by atoms with van der Waals surface area (Å²) >= 11 is 0. The van der Waals surface area contributed by atoms with Crippen LogP contribution in [0.25, 0.3) is 0 Å². The van der Waals surface area contributed by atoms with Gasteiger partial charge in [-0.05, 0) is 55.8 Å². The fourth-order valence-electron chi connectivity index (χ4n) is 3.21.